The fourth-order valence-corrected chi connectivity index (χ4v) is 4.15. The molecule has 0 radical (unpaired) electrons. The minimum absolute atomic E-state index is 1.01. The van der Waals surface area contributed by atoms with Gasteiger partial charge in [-0.3, -0.25) is 5.10 Å². The third-order valence-corrected chi connectivity index (χ3v) is 6.29. The Morgan fingerprint density at radius 1 is 0.618 bits per heavy atom. The number of aromatic amines is 1. The second kappa shape index (κ2) is 20.4. The summed E-state index contributed by atoms with van der Waals surface area (Å²) in [4.78, 5) is 0. The van der Waals surface area contributed by atoms with Crippen LogP contribution in [0.1, 0.15) is 130 Å². The van der Waals surface area contributed by atoms with Gasteiger partial charge in [0.25, 0.3) is 0 Å². The van der Waals surface area contributed by atoms with Gasteiger partial charge >= 0.3 is 0 Å². The number of unbranched alkanes of at least 4 members (excludes halogenated alkanes) is 13. The quantitative estimate of drug-likeness (QED) is 0.235. The van der Waals surface area contributed by atoms with E-state index in [1.807, 2.05) is 43.6 Å². The van der Waals surface area contributed by atoms with Gasteiger partial charge in [0.05, 0.1) is 11.2 Å². The SMILES string of the molecule is CCCCCCCCC.CCCCCCCCCC.Cc1[nH]nc2cccc(-n3cccc3)c12. The number of benzene rings is 1. The van der Waals surface area contributed by atoms with Gasteiger partial charge in [0.2, 0.25) is 0 Å². The molecular formula is C31H53N3. The molecular weight excluding hydrogens is 414 g/mol. The average Bonchev–Trinajstić information content (AvgIpc) is 3.53. The van der Waals surface area contributed by atoms with E-state index >= 15 is 0 Å². The first-order valence-electron chi connectivity index (χ1n) is 14.3. The highest BCUT2D eigenvalue weighted by Gasteiger charge is 2.07. The molecule has 0 saturated carbocycles. The van der Waals surface area contributed by atoms with E-state index in [4.69, 9.17) is 0 Å². The smallest absolute Gasteiger partial charge is 0.0944 e. The molecule has 0 saturated heterocycles. The second-order valence-electron chi connectivity index (χ2n) is 9.50. The van der Waals surface area contributed by atoms with Crippen molar-refractivity contribution in [3.63, 3.8) is 0 Å². The Balaban J connectivity index is 0.000000270. The van der Waals surface area contributed by atoms with E-state index in [-0.39, 0.29) is 0 Å². The maximum atomic E-state index is 4.25. The summed E-state index contributed by atoms with van der Waals surface area (Å²) in [7, 11) is 0. The van der Waals surface area contributed by atoms with E-state index in [1.54, 1.807) is 0 Å². The van der Waals surface area contributed by atoms with Crippen molar-refractivity contribution in [2.24, 2.45) is 0 Å². The molecule has 1 aromatic carbocycles. The largest absolute Gasteiger partial charge is 0.323 e. The van der Waals surface area contributed by atoms with Crippen molar-refractivity contribution in [2.45, 2.75) is 131 Å². The monoisotopic (exact) mass is 467 g/mol. The summed E-state index contributed by atoms with van der Waals surface area (Å²) in [5.41, 5.74) is 3.29. The Morgan fingerprint density at radius 3 is 1.50 bits per heavy atom. The fraction of sp³-hybridized carbons (Fsp3) is 0.645. The molecule has 34 heavy (non-hydrogen) atoms. The van der Waals surface area contributed by atoms with E-state index in [9.17, 15) is 0 Å². The molecule has 3 rings (SSSR count). The number of rotatable bonds is 14. The number of H-pyrrole nitrogens is 1. The van der Waals surface area contributed by atoms with Gasteiger partial charge in [-0.15, -0.1) is 0 Å². The maximum absolute atomic E-state index is 4.25. The lowest BCUT2D eigenvalue weighted by Crippen LogP contribution is -1.90. The second-order valence-corrected chi connectivity index (χ2v) is 9.50. The fourth-order valence-electron chi connectivity index (χ4n) is 4.15. The summed E-state index contributed by atoms with van der Waals surface area (Å²) in [6.07, 6.45) is 25.5. The van der Waals surface area contributed by atoms with Crippen LogP contribution in [-0.2, 0) is 0 Å². The molecule has 0 aliphatic rings. The van der Waals surface area contributed by atoms with Gasteiger partial charge in [-0.05, 0) is 31.2 Å². The number of nitrogens with one attached hydrogen (secondary N) is 1. The molecule has 3 aromatic rings. The Labute approximate surface area is 210 Å². The minimum Gasteiger partial charge on any atom is -0.323 e. The van der Waals surface area contributed by atoms with Crippen molar-refractivity contribution >= 4 is 10.9 Å². The summed E-state index contributed by atoms with van der Waals surface area (Å²) in [5.74, 6) is 0. The van der Waals surface area contributed by atoms with Crippen molar-refractivity contribution in [1.29, 1.82) is 0 Å². The Morgan fingerprint density at radius 2 is 1.06 bits per heavy atom. The van der Waals surface area contributed by atoms with Crippen LogP contribution in [0.15, 0.2) is 42.7 Å². The van der Waals surface area contributed by atoms with Crippen LogP contribution in [0.4, 0.5) is 0 Å². The number of aryl methyl sites for hydroxylation is 1. The Bertz CT molecular complexity index is 802. The molecule has 0 aliphatic heterocycles. The van der Waals surface area contributed by atoms with Crippen LogP contribution in [0.5, 0.6) is 0 Å². The predicted octanol–water partition coefficient (Wildman–Crippen LogP) is 10.6. The van der Waals surface area contributed by atoms with Crippen LogP contribution in [0.3, 0.4) is 0 Å². The molecule has 0 bridgehead atoms. The van der Waals surface area contributed by atoms with E-state index in [0.717, 1.165) is 11.2 Å². The third kappa shape index (κ3) is 12.4. The summed E-state index contributed by atoms with van der Waals surface area (Å²) in [5, 5.41) is 8.45. The van der Waals surface area contributed by atoms with E-state index < -0.39 is 0 Å². The van der Waals surface area contributed by atoms with Gasteiger partial charge < -0.3 is 4.57 Å². The normalized spacial score (nSPS) is 10.5. The summed E-state index contributed by atoms with van der Waals surface area (Å²) < 4.78 is 2.10. The van der Waals surface area contributed by atoms with Crippen molar-refractivity contribution in [3.8, 4) is 5.69 Å². The lowest BCUT2D eigenvalue weighted by atomic mass is 10.1. The highest BCUT2D eigenvalue weighted by Crippen LogP contribution is 2.23. The lowest BCUT2D eigenvalue weighted by molar-refractivity contribution is 0.585. The average molecular weight is 468 g/mol. The highest BCUT2D eigenvalue weighted by molar-refractivity contribution is 5.89. The number of hydrogen-bond acceptors (Lipinski definition) is 1. The molecule has 0 fully saturated rings. The molecule has 0 unspecified atom stereocenters. The number of hydrogen-bond donors (Lipinski definition) is 1. The van der Waals surface area contributed by atoms with Crippen LogP contribution in [0.25, 0.3) is 16.6 Å². The maximum Gasteiger partial charge on any atom is 0.0944 e. The summed E-state index contributed by atoms with van der Waals surface area (Å²) in [6, 6.07) is 10.2. The molecule has 0 amide bonds. The van der Waals surface area contributed by atoms with Crippen molar-refractivity contribution < 1.29 is 0 Å². The van der Waals surface area contributed by atoms with E-state index in [0.29, 0.717) is 0 Å². The zero-order valence-electron chi connectivity index (χ0n) is 23.0. The first-order chi connectivity index (χ1) is 16.7. The van der Waals surface area contributed by atoms with Crippen molar-refractivity contribution in [2.75, 3.05) is 0 Å². The number of aromatic nitrogens is 3. The van der Waals surface area contributed by atoms with Gasteiger partial charge in [0.15, 0.2) is 0 Å². The Hall–Kier alpha value is -2.03. The molecule has 2 heterocycles. The highest BCUT2D eigenvalue weighted by atomic mass is 15.1. The van der Waals surface area contributed by atoms with Gasteiger partial charge in [-0.25, -0.2) is 0 Å². The van der Waals surface area contributed by atoms with Crippen molar-refractivity contribution in [3.05, 3.63) is 48.4 Å². The van der Waals surface area contributed by atoms with Crippen LogP contribution < -0.4 is 0 Å². The predicted molar refractivity (Wildman–Crippen MR) is 152 cm³/mol. The Kier molecular flexibility index (Phi) is 18.0. The zero-order valence-corrected chi connectivity index (χ0v) is 23.0. The van der Waals surface area contributed by atoms with Gasteiger partial charge in [0.1, 0.15) is 0 Å². The molecule has 3 heteroatoms. The topological polar surface area (TPSA) is 33.6 Å². The third-order valence-electron chi connectivity index (χ3n) is 6.29. The van der Waals surface area contributed by atoms with Gasteiger partial charge in [-0.1, -0.05) is 130 Å². The lowest BCUT2D eigenvalue weighted by Gasteiger charge is -2.04. The molecule has 0 atom stereocenters. The minimum atomic E-state index is 1.01. The molecule has 0 aliphatic carbocycles. The summed E-state index contributed by atoms with van der Waals surface area (Å²) >= 11 is 0. The molecule has 1 N–H and O–H groups in total. The van der Waals surface area contributed by atoms with Crippen LogP contribution >= 0.6 is 0 Å². The summed E-state index contributed by atoms with van der Waals surface area (Å²) in [6.45, 7) is 11.1. The van der Waals surface area contributed by atoms with Crippen LogP contribution in [0.2, 0.25) is 0 Å². The molecule has 0 spiro atoms. The van der Waals surface area contributed by atoms with Crippen LogP contribution in [0, 0.1) is 6.92 Å². The molecule has 2 aromatic heterocycles. The van der Waals surface area contributed by atoms with Gasteiger partial charge in [-0.2, -0.15) is 5.10 Å². The number of nitrogens with zero attached hydrogens (tertiary/aromatic N) is 2. The van der Waals surface area contributed by atoms with E-state index in [1.165, 1.54) is 107 Å². The first-order valence-corrected chi connectivity index (χ1v) is 14.3. The van der Waals surface area contributed by atoms with Crippen molar-refractivity contribution in [1.82, 2.24) is 14.8 Å². The molecule has 3 nitrogen and oxygen atoms in total. The standard InChI is InChI=1S/C12H11N3.C10H22.C9H20/c1-9-12-10(14-13-9)5-4-6-11(12)15-7-2-3-8-15;1-3-5-7-9-10-8-6-4-2;1-3-5-7-9-8-6-4-2/h2-8H,1H3,(H,13,14);3-10H2,1-2H3;3-9H2,1-2H3. The zero-order chi connectivity index (χ0) is 24.9. The number of fused-ring (bicyclic) bond motifs is 1. The van der Waals surface area contributed by atoms with E-state index in [2.05, 4.69) is 48.5 Å². The molecule has 192 valence electrons. The van der Waals surface area contributed by atoms with Crippen LogP contribution in [-0.4, -0.2) is 14.8 Å². The van der Waals surface area contributed by atoms with Gasteiger partial charge in [0, 0.05) is 23.5 Å². The first kappa shape index (κ1) is 30.0.